The minimum Gasteiger partial charge on any atom is -0.368 e. The fourth-order valence-electron chi connectivity index (χ4n) is 2.92. The molecule has 0 bridgehead atoms. The second kappa shape index (κ2) is 5.75. The highest BCUT2D eigenvalue weighted by Crippen LogP contribution is 2.39. The molecule has 3 heterocycles. The first-order valence-corrected chi connectivity index (χ1v) is 8.37. The van der Waals surface area contributed by atoms with Crippen molar-refractivity contribution in [2.75, 3.05) is 36.8 Å². The molecule has 1 aromatic carbocycles. The number of nitrogens with two attached hydrogens (primary N) is 1. The van der Waals surface area contributed by atoms with E-state index in [9.17, 15) is 4.39 Å². The molecule has 3 N–H and O–H groups in total. The summed E-state index contributed by atoms with van der Waals surface area (Å²) in [6.45, 7) is 3.48. The molecule has 0 amide bonds. The number of anilines is 2. The summed E-state index contributed by atoms with van der Waals surface area (Å²) >= 11 is 1.47. The van der Waals surface area contributed by atoms with Crippen molar-refractivity contribution in [3.8, 4) is 11.1 Å². The average Bonchev–Trinajstić information content (AvgIpc) is 2.99. The Labute approximate surface area is 137 Å². The smallest absolute Gasteiger partial charge is 0.223 e. The second-order valence-corrected chi connectivity index (χ2v) is 6.31. The summed E-state index contributed by atoms with van der Waals surface area (Å²) < 4.78 is 14.2. The number of thiophene rings is 1. The molecule has 23 heavy (non-hydrogen) atoms. The lowest BCUT2D eigenvalue weighted by molar-refractivity contribution is 0.586. The molecule has 1 aliphatic heterocycles. The van der Waals surface area contributed by atoms with Gasteiger partial charge in [0.25, 0.3) is 0 Å². The molecular formula is C16H16FN5S. The highest BCUT2D eigenvalue weighted by atomic mass is 32.1. The van der Waals surface area contributed by atoms with Gasteiger partial charge in [-0.25, -0.2) is 9.37 Å². The molecule has 1 fully saturated rings. The first-order valence-electron chi connectivity index (χ1n) is 7.49. The van der Waals surface area contributed by atoms with Gasteiger partial charge in [0.2, 0.25) is 5.95 Å². The van der Waals surface area contributed by atoms with Gasteiger partial charge in [-0.15, -0.1) is 11.3 Å². The van der Waals surface area contributed by atoms with Crippen LogP contribution in [0.2, 0.25) is 0 Å². The van der Waals surface area contributed by atoms with Crippen molar-refractivity contribution in [1.29, 1.82) is 0 Å². The number of fused-ring (bicyclic) bond motifs is 1. The van der Waals surface area contributed by atoms with Crippen LogP contribution in [0.3, 0.4) is 0 Å². The third-order valence-corrected chi connectivity index (χ3v) is 4.88. The zero-order valence-corrected chi connectivity index (χ0v) is 13.2. The number of halogens is 1. The van der Waals surface area contributed by atoms with Gasteiger partial charge >= 0.3 is 0 Å². The van der Waals surface area contributed by atoms with Gasteiger partial charge in [0.1, 0.15) is 16.5 Å². The topological polar surface area (TPSA) is 67.1 Å². The summed E-state index contributed by atoms with van der Waals surface area (Å²) in [4.78, 5) is 11.8. The fourth-order valence-corrected chi connectivity index (χ4v) is 3.86. The highest BCUT2D eigenvalue weighted by molar-refractivity contribution is 7.17. The van der Waals surface area contributed by atoms with E-state index in [2.05, 4.69) is 20.2 Å². The minimum absolute atomic E-state index is 0.240. The standard InChI is InChI=1S/C16H16FN5S/c17-12-4-2-1-3-10(12)11-9-23-15-13(11)14(20-16(18)21-15)22-7-5-19-6-8-22/h1-4,9,19H,5-8H2,(H2,18,20,21). The Morgan fingerprint density at radius 3 is 2.70 bits per heavy atom. The Kier molecular flexibility index (Phi) is 3.59. The second-order valence-electron chi connectivity index (χ2n) is 5.45. The van der Waals surface area contributed by atoms with E-state index in [1.54, 1.807) is 12.1 Å². The normalized spacial score (nSPS) is 15.3. The maximum atomic E-state index is 14.2. The van der Waals surface area contributed by atoms with Gasteiger partial charge in [-0.05, 0) is 6.07 Å². The number of hydrogen-bond acceptors (Lipinski definition) is 6. The van der Waals surface area contributed by atoms with Crippen LogP contribution >= 0.6 is 11.3 Å². The van der Waals surface area contributed by atoms with Crippen LogP contribution in [0.15, 0.2) is 29.6 Å². The van der Waals surface area contributed by atoms with E-state index in [1.807, 2.05) is 11.4 Å². The van der Waals surface area contributed by atoms with Gasteiger partial charge in [-0.1, -0.05) is 18.2 Å². The van der Waals surface area contributed by atoms with Crippen molar-refractivity contribution in [2.24, 2.45) is 0 Å². The summed E-state index contributed by atoms with van der Waals surface area (Å²) in [7, 11) is 0. The maximum Gasteiger partial charge on any atom is 0.223 e. The number of nitrogens with zero attached hydrogens (tertiary/aromatic N) is 3. The van der Waals surface area contributed by atoms with E-state index < -0.39 is 0 Å². The van der Waals surface area contributed by atoms with E-state index in [1.165, 1.54) is 17.4 Å². The molecule has 1 aliphatic rings. The molecule has 2 aromatic heterocycles. The zero-order valence-electron chi connectivity index (χ0n) is 12.4. The Morgan fingerprint density at radius 2 is 1.91 bits per heavy atom. The molecule has 118 valence electrons. The lowest BCUT2D eigenvalue weighted by Gasteiger charge is -2.29. The number of aromatic nitrogens is 2. The minimum atomic E-state index is -0.240. The molecule has 0 aliphatic carbocycles. The summed E-state index contributed by atoms with van der Waals surface area (Å²) in [5.41, 5.74) is 7.28. The van der Waals surface area contributed by atoms with E-state index in [4.69, 9.17) is 5.73 Å². The quantitative estimate of drug-likeness (QED) is 0.756. The van der Waals surface area contributed by atoms with Crippen molar-refractivity contribution >= 4 is 33.3 Å². The van der Waals surface area contributed by atoms with Crippen molar-refractivity contribution in [3.05, 3.63) is 35.5 Å². The molecule has 5 nitrogen and oxygen atoms in total. The number of nitrogen functional groups attached to an aromatic ring is 1. The van der Waals surface area contributed by atoms with Gasteiger partial charge in [-0.2, -0.15) is 4.98 Å². The van der Waals surface area contributed by atoms with Crippen LogP contribution in [0, 0.1) is 5.82 Å². The van der Waals surface area contributed by atoms with Gasteiger partial charge in [0, 0.05) is 42.7 Å². The van der Waals surface area contributed by atoms with E-state index >= 15 is 0 Å². The van der Waals surface area contributed by atoms with Crippen molar-refractivity contribution < 1.29 is 4.39 Å². The molecule has 0 atom stereocenters. The van der Waals surface area contributed by atoms with Gasteiger partial charge in [0.15, 0.2) is 0 Å². The third kappa shape index (κ3) is 2.51. The lowest BCUT2D eigenvalue weighted by atomic mass is 10.1. The van der Waals surface area contributed by atoms with Crippen molar-refractivity contribution in [3.63, 3.8) is 0 Å². The number of hydrogen-bond donors (Lipinski definition) is 2. The summed E-state index contributed by atoms with van der Waals surface area (Å²) in [6, 6.07) is 6.79. The molecule has 0 saturated carbocycles. The largest absolute Gasteiger partial charge is 0.368 e. The van der Waals surface area contributed by atoms with Gasteiger partial charge in [0.05, 0.1) is 5.39 Å². The first-order chi connectivity index (χ1) is 11.2. The Bertz CT molecular complexity index is 857. The van der Waals surface area contributed by atoms with Gasteiger partial charge in [-0.3, -0.25) is 0 Å². The van der Waals surface area contributed by atoms with Crippen LogP contribution in [0.5, 0.6) is 0 Å². The molecule has 3 aromatic rings. The van der Waals surface area contributed by atoms with Crippen LogP contribution < -0.4 is 16.0 Å². The Hall–Kier alpha value is -2.25. The average molecular weight is 329 g/mol. The van der Waals surface area contributed by atoms with Crippen LogP contribution in [0.4, 0.5) is 16.2 Å². The molecule has 0 unspecified atom stereocenters. The van der Waals surface area contributed by atoms with Crippen LogP contribution in [-0.4, -0.2) is 36.1 Å². The van der Waals surface area contributed by atoms with E-state index in [0.717, 1.165) is 47.8 Å². The van der Waals surface area contributed by atoms with Crippen molar-refractivity contribution in [1.82, 2.24) is 15.3 Å². The number of benzene rings is 1. The summed E-state index contributed by atoms with van der Waals surface area (Å²) in [6.07, 6.45) is 0. The predicted molar refractivity (Wildman–Crippen MR) is 92.3 cm³/mol. The maximum absolute atomic E-state index is 14.2. The predicted octanol–water partition coefficient (Wildman–Crippen LogP) is 2.49. The zero-order chi connectivity index (χ0) is 15.8. The molecule has 4 rings (SSSR count). The lowest BCUT2D eigenvalue weighted by Crippen LogP contribution is -2.44. The number of piperazine rings is 1. The fraction of sp³-hybridized carbons (Fsp3) is 0.250. The van der Waals surface area contributed by atoms with Crippen LogP contribution in [-0.2, 0) is 0 Å². The van der Waals surface area contributed by atoms with Crippen LogP contribution in [0.1, 0.15) is 0 Å². The third-order valence-electron chi connectivity index (χ3n) is 4.01. The monoisotopic (exact) mass is 329 g/mol. The summed E-state index contributed by atoms with van der Waals surface area (Å²) in [5.74, 6) is 0.816. The van der Waals surface area contributed by atoms with E-state index in [-0.39, 0.29) is 11.8 Å². The molecule has 7 heteroatoms. The Morgan fingerprint density at radius 1 is 1.13 bits per heavy atom. The number of rotatable bonds is 2. The number of nitrogens with one attached hydrogen (secondary N) is 1. The summed E-state index contributed by atoms with van der Waals surface area (Å²) in [5, 5.41) is 6.14. The van der Waals surface area contributed by atoms with E-state index in [0.29, 0.717) is 5.56 Å². The highest BCUT2D eigenvalue weighted by Gasteiger charge is 2.21. The molecule has 1 saturated heterocycles. The molecule has 0 spiro atoms. The SMILES string of the molecule is Nc1nc(N2CCNCC2)c2c(-c3ccccc3F)csc2n1. The van der Waals surface area contributed by atoms with Crippen molar-refractivity contribution in [2.45, 2.75) is 0 Å². The van der Waals surface area contributed by atoms with Gasteiger partial charge < -0.3 is 16.0 Å². The Balaban J connectivity index is 1.95. The molecular weight excluding hydrogens is 313 g/mol. The molecule has 0 radical (unpaired) electrons. The first kappa shape index (κ1) is 14.3. The van der Waals surface area contributed by atoms with Crippen LogP contribution in [0.25, 0.3) is 21.3 Å².